The van der Waals surface area contributed by atoms with E-state index in [0.717, 1.165) is 42.6 Å². The lowest BCUT2D eigenvalue weighted by Crippen LogP contribution is -2.50. The summed E-state index contributed by atoms with van der Waals surface area (Å²) in [7, 11) is 3.46. The summed E-state index contributed by atoms with van der Waals surface area (Å²) >= 11 is 1.57. The Morgan fingerprint density at radius 1 is 0.949 bits per heavy atom. The number of amides is 2. The van der Waals surface area contributed by atoms with Gasteiger partial charge in [-0.3, -0.25) is 0 Å². The van der Waals surface area contributed by atoms with Crippen LogP contribution in [0.5, 0.6) is 0 Å². The molecule has 1 aliphatic rings. The van der Waals surface area contributed by atoms with Gasteiger partial charge in [-0.25, -0.2) is 14.6 Å². The van der Waals surface area contributed by atoms with Crippen molar-refractivity contribution in [2.24, 2.45) is 0 Å². The van der Waals surface area contributed by atoms with Crippen molar-refractivity contribution in [2.75, 3.05) is 40.3 Å². The van der Waals surface area contributed by atoms with E-state index in [1.165, 1.54) is 23.4 Å². The average Bonchev–Trinajstić information content (AvgIpc) is 3.36. The van der Waals surface area contributed by atoms with Crippen LogP contribution in [0.1, 0.15) is 27.2 Å². The minimum Gasteiger partial charge on any atom is -0.465 e. The quantitative estimate of drug-likeness (QED) is 0.258. The number of hydrogen-bond donors (Lipinski definition) is 1. The number of hydrogen-bond acceptors (Lipinski definition) is 6. The Morgan fingerprint density at radius 3 is 2.49 bits per heavy atom. The summed E-state index contributed by atoms with van der Waals surface area (Å²) in [4.78, 5) is 34.0. The van der Waals surface area contributed by atoms with Gasteiger partial charge in [0.05, 0.1) is 31.5 Å². The first-order valence-electron chi connectivity index (χ1n) is 13.0. The van der Waals surface area contributed by atoms with Gasteiger partial charge in [0, 0.05) is 38.1 Å². The van der Waals surface area contributed by atoms with E-state index in [0.29, 0.717) is 24.4 Å². The topological polar surface area (TPSA) is 79.7 Å². The van der Waals surface area contributed by atoms with Gasteiger partial charge in [0.2, 0.25) is 0 Å². The number of rotatable bonds is 8. The van der Waals surface area contributed by atoms with Gasteiger partial charge in [0.1, 0.15) is 0 Å². The summed E-state index contributed by atoms with van der Waals surface area (Å²) in [5, 5.41) is 6.26. The number of esters is 1. The number of likely N-dealkylation sites (N-methyl/N-ethyl adjacent to an activating group) is 1. The Balaban J connectivity index is 1.37. The number of ether oxygens (including phenoxy) is 1. The third kappa shape index (κ3) is 6.43. The zero-order valence-electron chi connectivity index (χ0n) is 22.3. The molecule has 202 valence electrons. The largest absolute Gasteiger partial charge is 0.465 e. The molecular weight excluding hydrogens is 510 g/mol. The molecule has 0 saturated carbocycles. The van der Waals surface area contributed by atoms with Crippen molar-refractivity contribution in [3.8, 4) is 0 Å². The van der Waals surface area contributed by atoms with Gasteiger partial charge in [-0.15, -0.1) is 0 Å². The lowest BCUT2D eigenvalue weighted by Gasteiger charge is -2.32. The fraction of sp³-hybridized carbons (Fsp3) is 0.300. The Hall–Kier alpha value is -3.82. The van der Waals surface area contributed by atoms with Crippen LogP contribution in [-0.2, 0) is 23.6 Å². The maximum absolute atomic E-state index is 12.8. The van der Waals surface area contributed by atoms with Crippen LogP contribution in [0.15, 0.2) is 78.1 Å². The van der Waals surface area contributed by atoms with E-state index >= 15 is 0 Å². The van der Waals surface area contributed by atoms with Crippen LogP contribution in [0.2, 0.25) is 0 Å². The van der Waals surface area contributed by atoms with Crippen LogP contribution in [0.25, 0.3) is 10.8 Å². The lowest BCUT2D eigenvalue weighted by molar-refractivity contribution is 0.0599. The lowest BCUT2D eigenvalue weighted by atomic mass is 10.0. The highest BCUT2D eigenvalue weighted by Crippen LogP contribution is 2.27. The summed E-state index contributed by atoms with van der Waals surface area (Å²) in [6, 6.07) is 22.1. The van der Waals surface area contributed by atoms with E-state index in [-0.39, 0.29) is 12.0 Å². The molecule has 1 N–H and O–H groups in total. The number of fused-ring (bicyclic) bond motifs is 1. The molecule has 8 nitrogen and oxygen atoms in total. The number of benzene rings is 3. The predicted octanol–water partition coefficient (Wildman–Crippen LogP) is 4.62. The smallest absolute Gasteiger partial charge is 0.338 e. The number of methoxy groups -OCH3 is 1. The van der Waals surface area contributed by atoms with Crippen molar-refractivity contribution in [3.05, 3.63) is 95.3 Å². The number of nitrogens with one attached hydrogen (secondary N) is 1. The van der Waals surface area contributed by atoms with Gasteiger partial charge in [-0.05, 0) is 35.0 Å². The Bertz CT molecular complexity index is 1460. The minimum atomic E-state index is -0.349. The molecular formula is C30H33N5O3S. The molecule has 2 heterocycles. The van der Waals surface area contributed by atoms with Gasteiger partial charge in [0.25, 0.3) is 0 Å². The molecule has 3 aromatic carbocycles. The second-order valence-corrected chi connectivity index (χ2v) is 10.6. The van der Waals surface area contributed by atoms with Crippen LogP contribution in [0.4, 0.5) is 4.79 Å². The van der Waals surface area contributed by atoms with Gasteiger partial charge >= 0.3 is 12.0 Å². The average molecular weight is 544 g/mol. The maximum atomic E-state index is 12.8. The molecule has 1 aromatic heterocycles. The van der Waals surface area contributed by atoms with E-state index in [1.807, 2.05) is 35.4 Å². The summed E-state index contributed by atoms with van der Waals surface area (Å²) in [6.45, 7) is 4.18. The highest BCUT2D eigenvalue weighted by Gasteiger charge is 2.20. The normalized spacial score (nSPS) is 13.9. The Kier molecular flexibility index (Phi) is 8.48. The molecule has 39 heavy (non-hydrogen) atoms. The van der Waals surface area contributed by atoms with E-state index < -0.39 is 0 Å². The van der Waals surface area contributed by atoms with Crippen LogP contribution < -0.4 is 5.32 Å². The standard InChI is InChI=1S/C30H33N5O3S/c1-33-14-16-34(17-15-33)29(37)31-18-25-20-35(19-23-11-7-10-22-8-3-5-12-26(22)23)30(32-25)39-21-24-9-4-6-13-27(24)28(36)38-2/h3-13,20H,14-19,21H2,1-2H3,(H,31,37). The number of carbonyl (C=O) groups excluding carboxylic acids is 2. The van der Waals surface area contributed by atoms with Crippen LogP contribution in [0, 0.1) is 0 Å². The SMILES string of the molecule is COC(=O)c1ccccc1CSc1nc(CNC(=O)N2CCN(C)CC2)cn1Cc1cccc2ccccc12. The van der Waals surface area contributed by atoms with Gasteiger partial charge in [-0.2, -0.15) is 0 Å². The van der Waals surface area contributed by atoms with Crippen LogP contribution in [0.3, 0.4) is 0 Å². The van der Waals surface area contributed by atoms with Crippen molar-refractivity contribution < 1.29 is 14.3 Å². The van der Waals surface area contributed by atoms with Crippen LogP contribution >= 0.6 is 11.8 Å². The fourth-order valence-electron chi connectivity index (χ4n) is 4.76. The molecule has 2 amide bonds. The number of piperazine rings is 1. The van der Waals surface area contributed by atoms with E-state index in [4.69, 9.17) is 9.72 Å². The van der Waals surface area contributed by atoms with Crippen molar-refractivity contribution in [2.45, 2.75) is 24.0 Å². The number of carbonyl (C=O) groups is 2. The molecule has 0 bridgehead atoms. The van der Waals surface area contributed by atoms with Crippen LogP contribution in [-0.4, -0.2) is 71.7 Å². The number of nitrogens with zero attached hydrogens (tertiary/aromatic N) is 4. The van der Waals surface area contributed by atoms with E-state index in [9.17, 15) is 9.59 Å². The molecule has 1 saturated heterocycles. The van der Waals surface area contributed by atoms with E-state index in [2.05, 4.69) is 58.2 Å². The molecule has 0 spiro atoms. The van der Waals surface area contributed by atoms with Crippen molar-refractivity contribution in [1.29, 1.82) is 0 Å². The Labute approximate surface area is 233 Å². The third-order valence-electron chi connectivity index (χ3n) is 7.00. The zero-order chi connectivity index (χ0) is 27.2. The summed E-state index contributed by atoms with van der Waals surface area (Å²) < 4.78 is 7.10. The third-order valence-corrected chi connectivity index (χ3v) is 8.04. The molecule has 0 radical (unpaired) electrons. The molecule has 9 heteroatoms. The number of thioether (sulfide) groups is 1. The van der Waals surface area contributed by atoms with Crippen molar-refractivity contribution >= 4 is 34.5 Å². The minimum absolute atomic E-state index is 0.0621. The second kappa shape index (κ2) is 12.4. The predicted molar refractivity (Wildman–Crippen MR) is 154 cm³/mol. The first kappa shape index (κ1) is 26.8. The number of urea groups is 1. The van der Waals surface area contributed by atoms with Gasteiger partial charge in [-0.1, -0.05) is 72.4 Å². The molecule has 0 atom stereocenters. The maximum Gasteiger partial charge on any atom is 0.338 e. The second-order valence-electron chi connectivity index (χ2n) is 9.67. The highest BCUT2D eigenvalue weighted by atomic mass is 32.2. The summed E-state index contributed by atoms with van der Waals surface area (Å²) in [6.07, 6.45) is 2.01. The zero-order valence-corrected chi connectivity index (χ0v) is 23.1. The molecule has 0 unspecified atom stereocenters. The fourth-order valence-corrected chi connectivity index (χ4v) is 5.76. The number of imidazole rings is 1. The highest BCUT2D eigenvalue weighted by molar-refractivity contribution is 7.98. The van der Waals surface area contributed by atoms with E-state index in [1.54, 1.807) is 17.8 Å². The summed E-state index contributed by atoms with van der Waals surface area (Å²) in [5.74, 6) is 0.211. The summed E-state index contributed by atoms with van der Waals surface area (Å²) in [5.41, 5.74) is 3.43. The first-order chi connectivity index (χ1) is 19.0. The van der Waals surface area contributed by atoms with Gasteiger partial charge in [0.15, 0.2) is 5.16 Å². The molecule has 0 aliphatic carbocycles. The monoisotopic (exact) mass is 543 g/mol. The molecule has 4 aromatic rings. The van der Waals surface area contributed by atoms with Gasteiger partial charge < -0.3 is 24.4 Å². The number of aromatic nitrogens is 2. The molecule has 1 fully saturated rings. The van der Waals surface area contributed by atoms with Crippen molar-refractivity contribution in [3.63, 3.8) is 0 Å². The first-order valence-corrected chi connectivity index (χ1v) is 14.0. The molecule has 1 aliphatic heterocycles. The Morgan fingerprint density at radius 2 is 1.67 bits per heavy atom. The molecule has 5 rings (SSSR count). The van der Waals surface area contributed by atoms with Crippen molar-refractivity contribution in [1.82, 2.24) is 24.7 Å².